The Morgan fingerprint density at radius 3 is 1.88 bits per heavy atom. The second-order valence-corrected chi connectivity index (χ2v) is 18.6. The molecule has 292 valence electrons. The van der Waals surface area contributed by atoms with Gasteiger partial charge in [-0.3, -0.25) is 0 Å². The number of fused-ring (bicyclic) bond motifs is 5. The highest BCUT2D eigenvalue weighted by molar-refractivity contribution is 6.00. The highest BCUT2D eigenvalue weighted by Gasteiger charge is 2.41. The lowest BCUT2D eigenvalue weighted by molar-refractivity contribution is 0.420. The fourth-order valence-electron chi connectivity index (χ4n) is 12.1. The van der Waals surface area contributed by atoms with Crippen molar-refractivity contribution in [3.63, 3.8) is 0 Å². The predicted octanol–water partition coefficient (Wildman–Crippen LogP) is 16.4. The molecule has 2 bridgehead atoms. The van der Waals surface area contributed by atoms with Gasteiger partial charge in [0.15, 0.2) is 0 Å². The van der Waals surface area contributed by atoms with E-state index in [1.165, 1.54) is 142 Å². The van der Waals surface area contributed by atoms with Gasteiger partial charge < -0.3 is 4.90 Å². The van der Waals surface area contributed by atoms with Crippen LogP contribution in [0.1, 0.15) is 106 Å². The molecule has 0 spiro atoms. The molecule has 0 saturated heterocycles. The molecule has 59 heavy (non-hydrogen) atoms. The van der Waals surface area contributed by atoms with Crippen molar-refractivity contribution in [3.8, 4) is 44.5 Å². The molecule has 0 N–H and O–H groups in total. The molecule has 0 amide bonds. The SMILES string of the molecule is CC1(C)c2ccccc2-c2ccc(N(c3ccc(C4CC5CCC4C5)cc3)c3ccccc3-c3ccccc3C3CCCCC3)c(-c3ccc(-c4ccccc4)cc3)c21. The molecule has 0 aliphatic heterocycles. The monoisotopic (exact) mass is 765 g/mol. The summed E-state index contributed by atoms with van der Waals surface area (Å²) < 4.78 is 0. The number of para-hydroxylation sites is 1. The molecule has 1 nitrogen and oxygen atoms in total. The fourth-order valence-corrected chi connectivity index (χ4v) is 12.1. The summed E-state index contributed by atoms with van der Waals surface area (Å²) in [5.41, 5.74) is 19.8. The van der Waals surface area contributed by atoms with E-state index in [1.807, 2.05) is 0 Å². The molecule has 4 aliphatic rings. The molecule has 0 radical (unpaired) electrons. The van der Waals surface area contributed by atoms with E-state index in [0.717, 1.165) is 11.8 Å². The minimum absolute atomic E-state index is 0.195. The summed E-state index contributed by atoms with van der Waals surface area (Å²) in [7, 11) is 0. The van der Waals surface area contributed by atoms with Crippen LogP contribution in [0.3, 0.4) is 0 Å². The Morgan fingerprint density at radius 1 is 0.475 bits per heavy atom. The first-order valence-electron chi connectivity index (χ1n) is 22.5. The van der Waals surface area contributed by atoms with Crippen LogP contribution < -0.4 is 4.90 Å². The van der Waals surface area contributed by atoms with Crippen LogP contribution in [-0.2, 0) is 5.41 Å². The lowest BCUT2D eigenvalue weighted by Gasteiger charge is -2.34. The van der Waals surface area contributed by atoms with E-state index in [9.17, 15) is 0 Å². The number of hydrogen-bond donors (Lipinski definition) is 0. The minimum atomic E-state index is -0.195. The van der Waals surface area contributed by atoms with Gasteiger partial charge >= 0.3 is 0 Å². The van der Waals surface area contributed by atoms with Crippen LogP contribution in [0, 0.1) is 11.8 Å². The summed E-state index contributed by atoms with van der Waals surface area (Å²) >= 11 is 0. The van der Waals surface area contributed by atoms with Crippen molar-refractivity contribution < 1.29 is 0 Å². The van der Waals surface area contributed by atoms with Gasteiger partial charge in [0.05, 0.1) is 11.4 Å². The molecule has 0 aromatic heterocycles. The Morgan fingerprint density at radius 2 is 1.14 bits per heavy atom. The largest absolute Gasteiger partial charge is 0.309 e. The molecule has 3 saturated carbocycles. The van der Waals surface area contributed by atoms with Gasteiger partial charge in [0.25, 0.3) is 0 Å². The highest BCUT2D eigenvalue weighted by atomic mass is 15.1. The molecule has 4 aliphatic carbocycles. The van der Waals surface area contributed by atoms with Crippen LogP contribution >= 0.6 is 0 Å². The highest BCUT2D eigenvalue weighted by Crippen LogP contribution is 2.57. The van der Waals surface area contributed by atoms with Crippen LogP contribution in [0.2, 0.25) is 0 Å². The Hall–Kier alpha value is -5.66. The number of benzene rings is 7. The van der Waals surface area contributed by atoms with E-state index in [1.54, 1.807) is 0 Å². The van der Waals surface area contributed by atoms with Crippen molar-refractivity contribution in [3.05, 3.63) is 186 Å². The van der Waals surface area contributed by atoms with Crippen molar-refractivity contribution in [2.24, 2.45) is 11.8 Å². The second kappa shape index (κ2) is 14.9. The lowest BCUT2D eigenvalue weighted by Crippen LogP contribution is -2.19. The molecule has 3 atom stereocenters. The summed E-state index contributed by atoms with van der Waals surface area (Å²) in [4.78, 5) is 2.62. The molecule has 1 heteroatoms. The van der Waals surface area contributed by atoms with Gasteiger partial charge in [0.2, 0.25) is 0 Å². The minimum Gasteiger partial charge on any atom is -0.309 e. The van der Waals surface area contributed by atoms with Crippen molar-refractivity contribution in [1.29, 1.82) is 0 Å². The molecular formula is C58H55N. The summed E-state index contributed by atoms with van der Waals surface area (Å²) in [6.07, 6.45) is 12.2. The van der Waals surface area contributed by atoms with E-state index < -0.39 is 0 Å². The third kappa shape index (κ3) is 6.28. The van der Waals surface area contributed by atoms with Gasteiger partial charge in [-0.05, 0) is 136 Å². The summed E-state index contributed by atoms with van der Waals surface area (Å²) in [5.74, 6) is 3.07. The van der Waals surface area contributed by atoms with Crippen molar-refractivity contribution >= 4 is 17.1 Å². The molecule has 7 aromatic carbocycles. The van der Waals surface area contributed by atoms with Crippen molar-refractivity contribution in [1.82, 2.24) is 0 Å². The van der Waals surface area contributed by atoms with Gasteiger partial charge in [-0.2, -0.15) is 0 Å². The van der Waals surface area contributed by atoms with Crippen LogP contribution in [-0.4, -0.2) is 0 Å². The first-order valence-corrected chi connectivity index (χ1v) is 22.5. The van der Waals surface area contributed by atoms with Crippen LogP contribution in [0.15, 0.2) is 164 Å². The predicted molar refractivity (Wildman–Crippen MR) is 249 cm³/mol. The van der Waals surface area contributed by atoms with E-state index in [4.69, 9.17) is 0 Å². The number of hydrogen-bond acceptors (Lipinski definition) is 1. The molecule has 3 unspecified atom stereocenters. The number of anilines is 3. The number of rotatable bonds is 8. The Kier molecular flexibility index (Phi) is 9.18. The van der Waals surface area contributed by atoms with E-state index in [0.29, 0.717) is 11.8 Å². The first kappa shape index (κ1) is 36.4. The van der Waals surface area contributed by atoms with Gasteiger partial charge in [0.1, 0.15) is 0 Å². The third-order valence-electron chi connectivity index (χ3n) is 15.0. The Labute approximate surface area is 351 Å². The zero-order valence-corrected chi connectivity index (χ0v) is 34.7. The first-order chi connectivity index (χ1) is 29.0. The Balaban J connectivity index is 1.14. The summed E-state index contributed by atoms with van der Waals surface area (Å²) in [6.45, 7) is 4.87. The lowest BCUT2D eigenvalue weighted by atomic mass is 9.78. The summed E-state index contributed by atoms with van der Waals surface area (Å²) in [5, 5.41) is 0. The zero-order valence-electron chi connectivity index (χ0n) is 34.7. The second-order valence-electron chi connectivity index (χ2n) is 18.6. The quantitative estimate of drug-likeness (QED) is 0.149. The van der Waals surface area contributed by atoms with Crippen LogP contribution in [0.4, 0.5) is 17.1 Å². The maximum absolute atomic E-state index is 2.62. The van der Waals surface area contributed by atoms with Crippen molar-refractivity contribution in [2.75, 3.05) is 4.90 Å². The average Bonchev–Trinajstić information content (AvgIpc) is 4.00. The van der Waals surface area contributed by atoms with E-state index >= 15 is 0 Å². The standard InChI is InChI=1S/C58H55N/c1-58(2)53-23-13-11-21-49(53)51-35-36-55(56(57(51)58)44-29-27-41(28-30-44)40-15-5-3-6-16-40)59(46-33-31-43(32-34-46)52-38-39-25-26-45(52)37-39)54-24-14-12-22-50(54)48-20-10-9-19-47(48)42-17-7-4-8-18-42/h3,5-6,9-16,19-24,27-36,39,42,45,52H,4,7-8,17-18,25-26,37-38H2,1-2H3. The topological polar surface area (TPSA) is 3.24 Å². The van der Waals surface area contributed by atoms with Gasteiger partial charge in [0, 0.05) is 22.2 Å². The van der Waals surface area contributed by atoms with Gasteiger partial charge in [-0.1, -0.05) is 179 Å². The maximum Gasteiger partial charge on any atom is 0.0543 e. The Bertz CT molecular complexity index is 2630. The fraction of sp³-hybridized carbons (Fsp3) is 0.276. The van der Waals surface area contributed by atoms with Crippen molar-refractivity contribution in [2.45, 2.75) is 88.9 Å². The smallest absolute Gasteiger partial charge is 0.0543 e. The third-order valence-corrected chi connectivity index (χ3v) is 15.0. The van der Waals surface area contributed by atoms with Gasteiger partial charge in [-0.15, -0.1) is 0 Å². The molecular weight excluding hydrogens is 711 g/mol. The normalized spacial score (nSPS) is 20.3. The van der Waals surface area contributed by atoms with Crippen LogP contribution in [0.5, 0.6) is 0 Å². The molecule has 7 aromatic rings. The maximum atomic E-state index is 2.62. The zero-order chi connectivity index (χ0) is 39.5. The average molecular weight is 766 g/mol. The molecule has 0 heterocycles. The summed E-state index contributed by atoms with van der Waals surface area (Å²) in [6, 6.07) is 62.6. The van der Waals surface area contributed by atoms with Crippen LogP contribution in [0.25, 0.3) is 44.5 Å². The molecule has 3 fully saturated rings. The molecule has 11 rings (SSSR count). The van der Waals surface area contributed by atoms with E-state index in [2.05, 4.69) is 183 Å². The van der Waals surface area contributed by atoms with Gasteiger partial charge in [-0.25, -0.2) is 0 Å². The number of nitrogens with zero attached hydrogens (tertiary/aromatic N) is 1. The van der Waals surface area contributed by atoms with E-state index in [-0.39, 0.29) is 5.41 Å².